The van der Waals surface area contributed by atoms with Gasteiger partial charge in [-0.1, -0.05) is 18.2 Å². The summed E-state index contributed by atoms with van der Waals surface area (Å²) in [5.74, 6) is -1.08. The first kappa shape index (κ1) is 17.5. The number of benzene rings is 1. The first-order chi connectivity index (χ1) is 11.3. The molecule has 2 N–H and O–H groups in total. The van der Waals surface area contributed by atoms with Crippen LogP contribution in [-0.2, 0) is 26.3 Å². The van der Waals surface area contributed by atoms with Crippen molar-refractivity contribution in [1.82, 2.24) is 20.6 Å². The Morgan fingerprint density at radius 3 is 2.58 bits per heavy atom. The third-order valence-corrected chi connectivity index (χ3v) is 3.14. The fourth-order valence-corrected chi connectivity index (χ4v) is 2.33. The number of ether oxygens (including phenoxy) is 2. The van der Waals surface area contributed by atoms with Gasteiger partial charge in [0.25, 0.3) is 6.47 Å². The summed E-state index contributed by atoms with van der Waals surface area (Å²) in [4.78, 5) is 22.8. The molecule has 0 aliphatic carbocycles. The summed E-state index contributed by atoms with van der Waals surface area (Å²) in [5.41, 5.74) is -2.21. The zero-order valence-electron chi connectivity index (χ0n) is 13.5. The molecule has 1 aromatic carbocycles. The summed E-state index contributed by atoms with van der Waals surface area (Å²) in [6.07, 6.45) is -0.138. The number of aromatic nitrogens is 4. The zero-order valence-corrected chi connectivity index (χ0v) is 13.5. The number of carbonyl (C=O) groups excluding carboxylic acids is 1. The molecule has 1 atom stereocenters. The van der Waals surface area contributed by atoms with Crippen LogP contribution in [0.1, 0.15) is 32.2 Å². The minimum atomic E-state index is -1.87. The summed E-state index contributed by atoms with van der Waals surface area (Å²) in [5, 5.41) is 23.0. The summed E-state index contributed by atoms with van der Waals surface area (Å²) in [6, 6.07) is 6.58. The predicted molar refractivity (Wildman–Crippen MR) is 81.2 cm³/mol. The minimum absolute atomic E-state index is 0.0502. The molecule has 0 saturated carbocycles. The summed E-state index contributed by atoms with van der Waals surface area (Å²) in [6.45, 7) is 5.45. The second-order valence-corrected chi connectivity index (χ2v) is 6.10. The maximum atomic E-state index is 12.1. The number of nitrogens with one attached hydrogen (secondary N) is 1. The molecule has 0 aliphatic heterocycles. The zero-order chi connectivity index (χ0) is 17.8. The van der Waals surface area contributed by atoms with Gasteiger partial charge >= 0.3 is 5.97 Å². The van der Waals surface area contributed by atoms with E-state index in [2.05, 4.69) is 20.6 Å². The van der Waals surface area contributed by atoms with Crippen LogP contribution < -0.4 is 4.74 Å². The molecule has 9 nitrogen and oxygen atoms in total. The monoisotopic (exact) mass is 334 g/mol. The van der Waals surface area contributed by atoms with Crippen molar-refractivity contribution in [2.75, 3.05) is 0 Å². The number of aromatic amines is 1. The number of hydrogen-bond acceptors (Lipinski definition) is 7. The predicted octanol–water partition coefficient (Wildman–Crippen LogP) is 1.07. The van der Waals surface area contributed by atoms with Crippen molar-refractivity contribution < 1.29 is 24.2 Å². The number of rotatable bonds is 7. The van der Waals surface area contributed by atoms with Gasteiger partial charge in [0, 0.05) is 6.42 Å². The number of carboxylic acid groups (broad SMARTS) is 1. The van der Waals surface area contributed by atoms with Gasteiger partial charge in [-0.05, 0) is 42.8 Å². The highest BCUT2D eigenvalue weighted by molar-refractivity contribution is 5.79. The molecule has 24 heavy (non-hydrogen) atoms. The third-order valence-electron chi connectivity index (χ3n) is 3.14. The number of nitrogens with zero attached hydrogens (tertiary/aromatic N) is 3. The Morgan fingerprint density at radius 1 is 1.33 bits per heavy atom. The van der Waals surface area contributed by atoms with Crippen molar-refractivity contribution in [2.45, 2.75) is 38.4 Å². The molecule has 1 unspecified atom stereocenters. The van der Waals surface area contributed by atoms with Gasteiger partial charge in [0.15, 0.2) is 5.82 Å². The lowest BCUT2D eigenvalue weighted by molar-refractivity contribution is -0.189. The highest BCUT2D eigenvalue weighted by Gasteiger charge is 2.48. The molecule has 0 aliphatic rings. The van der Waals surface area contributed by atoms with Gasteiger partial charge in [-0.3, -0.25) is 4.79 Å². The van der Waals surface area contributed by atoms with E-state index < -0.39 is 17.2 Å². The Hall–Kier alpha value is -2.81. The smallest absolute Gasteiger partial charge is 0.344 e. The normalized spacial score (nSPS) is 14.0. The molecular weight excluding hydrogens is 316 g/mol. The van der Waals surface area contributed by atoms with E-state index in [1.54, 1.807) is 45.0 Å². The highest BCUT2D eigenvalue weighted by Crippen LogP contribution is 2.35. The van der Waals surface area contributed by atoms with Gasteiger partial charge < -0.3 is 14.6 Å². The number of hydrogen-bond donors (Lipinski definition) is 2. The number of H-pyrrole nitrogens is 1. The number of para-hydroxylation sites is 1. The molecule has 0 radical (unpaired) electrons. The molecule has 0 amide bonds. The van der Waals surface area contributed by atoms with Gasteiger partial charge in [-0.2, -0.15) is 0 Å². The lowest BCUT2D eigenvalue weighted by atomic mass is 9.91. The van der Waals surface area contributed by atoms with Gasteiger partial charge in [0.2, 0.25) is 5.60 Å². The molecule has 0 spiro atoms. The van der Waals surface area contributed by atoms with Crippen molar-refractivity contribution in [3.8, 4) is 5.75 Å². The second kappa shape index (κ2) is 6.75. The lowest BCUT2D eigenvalue weighted by Crippen LogP contribution is -2.47. The maximum Gasteiger partial charge on any atom is 0.344 e. The first-order valence-electron chi connectivity index (χ1n) is 7.14. The van der Waals surface area contributed by atoms with Crippen LogP contribution in [0.3, 0.4) is 0 Å². The molecular formula is C15H18N4O5. The number of carbonyl (C=O) groups is 2. The average molecular weight is 334 g/mol. The fourth-order valence-electron chi connectivity index (χ4n) is 2.33. The maximum absolute atomic E-state index is 12.1. The van der Waals surface area contributed by atoms with Gasteiger partial charge in [-0.25, -0.2) is 9.89 Å². The summed E-state index contributed by atoms with van der Waals surface area (Å²) in [7, 11) is 0. The largest absolute Gasteiger partial charge is 0.479 e. The van der Waals surface area contributed by atoms with E-state index in [1.807, 2.05) is 0 Å². The van der Waals surface area contributed by atoms with Gasteiger partial charge in [-0.15, -0.1) is 5.10 Å². The van der Waals surface area contributed by atoms with Crippen LogP contribution in [-0.4, -0.2) is 43.8 Å². The molecule has 2 rings (SSSR count). The van der Waals surface area contributed by atoms with Crippen LogP contribution in [0, 0.1) is 0 Å². The van der Waals surface area contributed by atoms with Crippen LogP contribution in [0.4, 0.5) is 0 Å². The van der Waals surface area contributed by atoms with Crippen molar-refractivity contribution in [1.29, 1.82) is 0 Å². The van der Waals surface area contributed by atoms with Crippen molar-refractivity contribution in [3.63, 3.8) is 0 Å². The van der Waals surface area contributed by atoms with Crippen molar-refractivity contribution in [3.05, 3.63) is 35.7 Å². The Morgan fingerprint density at radius 2 is 2.04 bits per heavy atom. The standard InChI is InChI=1S/C15H18N4O5/c1-14(2,3)24-15(13(21)22,12-16-18-19-17-12)8-10-6-4-5-7-11(10)23-9-20/h4-7,9H,8H2,1-3H3,(H,21,22)(H,16,17,18,19). The van der Waals surface area contributed by atoms with Crippen LogP contribution in [0.2, 0.25) is 0 Å². The van der Waals surface area contributed by atoms with Gasteiger partial charge in [0.1, 0.15) is 5.75 Å². The highest BCUT2D eigenvalue weighted by atomic mass is 16.5. The molecule has 9 heteroatoms. The van der Waals surface area contributed by atoms with Crippen LogP contribution in [0.25, 0.3) is 0 Å². The van der Waals surface area contributed by atoms with E-state index in [0.29, 0.717) is 5.56 Å². The topological polar surface area (TPSA) is 127 Å². The fraction of sp³-hybridized carbons (Fsp3) is 0.400. The third kappa shape index (κ3) is 3.74. The van der Waals surface area contributed by atoms with Crippen LogP contribution in [0.15, 0.2) is 24.3 Å². The SMILES string of the molecule is CC(C)(C)OC(Cc1ccccc1OC=O)(C(=O)O)c1nnn[nH]1. The van der Waals surface area contributed by atoms with Crippen LogP contribution >= 0.6 is 0 Å². The molecule has 0 fully saturated rings. The first-order valence-corrected chi connectivity index (χ1v) is 7.14. The summed E-state index contributed by atoms with van der Waals surface area (Å²) < 4.78 is 10.8. The minimum Gasteiger partial charge on any atom is -0.479 e. The van der Waals surface area contributed by atoms with E-state index in [9.17, 15) is 14.7 Å². The van der Waals surface area contributed by atoms with E-state index in [4.69, 9.17) is 9.47 Å². The Balaban J connectivity index is 2.54. The van der Waals surface area contributed by atoms with Crippen molar-refractivity contribution in [2.24, 2.45) is 0 Å². The van der Waals surface area contributed by atoms with Crippen LogP contribution in [0.5, 0.6) is 5.75 Å². The second-order valence-electron chi connectivity index (χ2n) is 6.10. The van der Waals surface area contributed by atoms with E-state index in [1.165, 1.54) is 0 Å². The molecule has 128 valence electrons. The Kier molecular flexibility index (Phi) is 4.93. The molecule has 1 aromatic heterocycles. The molecule has 2 aromatic rings. The Labute approximate surface area is 138 Å². The van der Waals surface area contributed by atoms with E-state index in [0.717, 1.165) is 0 Å². The number of aliphatic carboxylic acids is 1. The number of tetrazole rings is 1. The lowest BCUT2D eigenvalue weighted by Gasteiger charge is -2.34. The molecule has 0 bridgehead atoms. The van der Waals surface area contributed by atoms with Gasteiger partial charge in [0.05, 0.1) is 5.60 Å². The Bertz CT molecular complexity index is 711. The molecule has 0 saturated heterocycles. The average Bonchev–Trinajstić information content (AvgIpc) is 3.02. The molecule has 1 heterocycles. The number of carboxylic acids is 1. The quantitative estimate of drug-likeness (QED) is 0.720. The van der Waals surface area contributed by atoms with E-state index >= 15 is 0 Å². The summed E-state index contributed by atoms with van der Waals surface area (Å²) >= 11 is 0. The van der Waals surface area contributed by atoms with E-state index in [-0.39, 0.29) is 24.5 Å². The van der Waals surface area contributed by atoms with Crippen molar-refractivity contribution >= 4 is 12.4 Å².